The fourth-order valence-electron chi connectivity index (χ4n) is 2.46. The molecule has 0 saturated carbocycles. The summed E-state index contributed by atoms with van der Waals surface area (Å²) < 4.78 is 0. The second-order valence-electron chi connectivity index (χ2n) is 5.18. The molecule has 0 aromatic carbocycles. The SMILES string of the molecule is C[C@@H]1CNCCN1C(=O)Cc1csc(-c2ccccn2)n1.Cl.Cl. The van der Waals surface area contributed by atoms with Crippen LogP contribution in [-0.4, -0.2) is 46.5 Å². The third kappa shape index (κ3) is 4.88. The molecule has 2 aromatic heterocycles. The van der Waals surface area contributed by atoms with Gasteiger partial charge in [0.25, 0.3) is 0 Å². The lowest BCUT2D eigenvalue weighted by Crippen LogP contribution is -2.52. The number of piperazine rings is 1. The molecule has 0 spiro atoms. The standard InChI is InChI=1S/C15H18N4OS.2ClH/c1-11-9-16-6-7-19(11)14(20)8-12-10-21-15(18-12)13-4-2-3-5-17-13;;/h2-5,10-11,16H,6-9H2,1H3;2*1H/t11-;;/m1../s1. The van der Waals surface area contributed by atoms with Crippen LogP contribution in [0.15, 0.2) is 29.8 Å². The van der Waals surface area contributed by atoms with E-state index in [1.165, 1.54) is 11.3 Å². The van der Waals surface area contributed by atoms with Gasteiger partial charge in [0.15, 0.2) is 0 Å². The summed E-state index contributed by atoms with van der Waals surface area (Å²) in [5.74, 6) is 0.155. The van der Waals surface area contributed by atoms with Crippen molar-refractivity contribution in [2.75, 3.05) is 19.6 Å². The van der Waals surface area contributed by atoms with E-state index in [0.29, 0.717) is 6.42 Å². The summed E-state index contributed by atoms with van der Waals surface area (Å²) in [6.07, 6.45) is 2.12. The Morgan fingerprint density at radius 1 is 1.43 bits per heavy atom. The van der Waals surface area contributed by atoms with Gasteiger partial charge in [-0.3, -0.25) is 9.78 Å². The summed E-state index contributed by atoms with van der Waals surface area (Å²) in [5, 5.41) is 6.11. The monoisotopic (exact) mass is 374 g/mol. The largest absolute Gasteiger partial charge is 0.337 e. The van der Waals surface area contributed by atoms with Crippen LogP contribution in [-0.2, 0) is 11.2 Å². The second-order valence-corrected chi connectivity index (χ2v) is 6.03. The number of halogens is 2. The minimum atomic E-state index is 0. The van der Waals surface area contributed by atoms with Gasteiger partial charge in [-0.1, -0.05) is 6.07 Å². The highest BCUT2D eigenvalue weighted by Gasteiger charge is 2.23. The van der Waals surface area contributed by atoms with Crippen molar-refractivity contribution in [3.05, 3.63) is 35.5 Å². The van der Waals surface area contributed by atoms with Gasteiger partial charge >= 0.3 is 0 Å². The molecule has 8 heteroatoms. The molecule has 0 bridgehead atoms. The fourth-order valence-corrected chi connectivity index (χ4v) is 3.26. The highest BCUT2D eigenvalue weighted by atomic mass is 35.5. The number of nitrogens with zero attached hydrogens (tertiary/aromatic N) is 3. The second kappa shape index (κ2) is 9.17. The number of carbonyl (C=O) groups is 1. The van der Waals surface area contributed by atoms with Gasteiger partial charge in [0, 0.05) is 37.3 Å². The first-order chi connectivity index (χ1) is 10.2. The summed E-state index contributed by atoms with van der Waals surface area (Å²) >= 11 is 1.54. The maximum Gasteiger partial charge on any atom is 0.228 e. The lowest BCUT2D eigenvalue weighted by molar-refractivity contribution is -0.133. The Bertz CT molecular complexity index is 623. The van der Waals surface area contributed by atoms with E-state index in [-0.39, 0.29) is 36.8 Å². The summed E-state index contributed by atoms with van der Waals surface area (Å²) in [5.41, 5.74) is 1.69. The van der Waals surface area contributed by atoms with Crippen LogP contribution in [0.2, 0.25) is 0 Å². The maximum atomic E-state index is 12.4. The molecule has 3 rings (SSSR count). The van der Waals surface area contributed by atoms with Crippen molar-refractivity contribution in [2.45, 2.75) is 19.4 Å². The molecule has 23 heavy (non-hydrogen) atoms. The summed E-state index contributed by atoms with van der Waals surface area (Å²) in [6.45, 7) is 4.58. The van der Waals surface area contributed by atoms with E-state index in [4.69, 9.17) is 0 Å². The van der Waals surface area contributed by atoms with Crippen molar-refractivity contribution in [1.29, 1.82) is 0 Å². The zero-order valence-corrected chi connectivity index (χ0v) is 15.2. The van der Waals surface area contributed by atoms with Crippen molar-refractivity contribution < 1.29 is 4.79 Å². The van der Waals surface area contributed by atoms with E-state index in [9.17, 15) is 4.79 Å². The number of rotatable bonds is 3. The predicted octanol–water partition coefficient (Wildman–Crippen LogP) is 2.41. The smallest absolute Gasteiger partial charge is 0.228 e. The van der Waals surface area contributed by atoms with Crippen molar-refractivity contribution in [3.8, 4) is 10.7 Å². The Morgan fingerprint density at radius 2 is 2.26 bits per heavy atom. The Balaban J connectivity index is 0.00000132. The van der Waals surface area contributed by atoms with Gasteiger partial charge in [0.1, 0.15) is 5.01 Å². The van der Waals surface area contributed by atoms with E-state index in [0.717, 1.165) is 36.0 Å². The lowest BCUT2D eigenvalue weighted by Gasteiger charge is -2.33. The van der Waals surface area contributed by atoms with Gasteiger partial charge in [0.2, 0.25) is 5.91 Å². The van der Waals surface area contributed by atoms with Gasteiger partial charge in [0.05, 0.1) is 17.8 Å². The molecule has 2 aromatic rings. The molecule has 3 heterocycles. The van der Waals surface area contributed by atoms with Crippen LogP contribution < -0.4 is 5.32 Å². The van der Waals surface area contributed by atoms with E-state index >= 15 is 0 Å². The zero-order valence-electron chi connectivity index (χ0n) is 12.8. The van der Waals surface area contributed by atoms with Gasteiger partial charge in [-0.05, 0) is 19.1 Å². The van der Waals surface area contributed by atoms with Gasteiger partial charge in [-0.15, -0.1) is 36.2 Å². The number of pyridine rings is 1. The van der Waals surface area contributed by atoms with Crippen LogP contribution >= 0.6 is 36.2 Å². The Morgan fingerprint density at radius 3 is 2.96 bits per heavy atom. The molecule has 0 aliphatic carbocycles. The number of aromatic nitrogens is 2. The first-order valence-electron chi connectivity index (χ1n) is 7.10. The predicted molar refractivity (Wildman–Crippen MR) is 97.6 cm³/mol. The molecule has 126 valence electrons. The molecule has 1 saturated heterocycles. The molecule has 1 fully saturated rings. The summed E-state index contributed by atoms with van der Waals surface area (Å²) in [7, 11) is 0. The number of hydrogen-bond acceptors (Lipinski definition) is 5. The number of nitrogens with one attached hydrogen (secondary N) is 1. The van der Waals surface area contributed by atoms with Crippen molar-refractivity contribution >= 4 is 42.1 Å². The van der Waals surface area contributed by atoms with Gasteiger partial charge in [-0.25, -0.2) is 4.98 Å². The van der Waals surface area contributed by atoms with Crippen molar-refractivity contribution in [3.63, 3.8) is 0 Å². The fraction of sp³-hybridized carbons (Fsp3) is 0.400. The van der Waals surface area contributed by atoms with Crippen LogP contribution in [0.1, 0.15) is 12.6 Å². The number of hydrogen-bond donors (Lipinski definition) is 1. The molecule has 1 atom stereocenters. The van der Waals surface area contributed by atoms with Crippen LogP contribution in [0.4, 0.5) is 0 Å². The van der Waals surface area contributed by atoms with E-state index < -0.39 is 0 Å². The lowest BCUT2D eigenvalue weighted by atomic mass is 10.2. The molecule has 1 aliphatic rings. The van der Waals surface area contributed by atoms with Crippen LogP contribution in [0.5, 0.6) is 0 Å². The first kappa shape index (κ1) is 19.8. The molecule has 1 amide bonds. The molecule has 0 radical (unpaired) electrons. The summed E-state index contributed by atoms with van der Waals surface area (Å²) in [6, 6.07) is 6.01. The van der Waals surface area contributed by atoms with Crippen LogP contribution in [0, 0.1) is 0 Å². The van der Waals surface area contributed by atoms with Gasteiger partial charge < -0.3 is 10.2 Å². The maximum absolute atomic E-state index is 12.4. The third-order valence-corrected chi connectivity index (χ3v) is 4.50. The minimum Gasteiger partial charge on any atom is -0.337 e. The van der Waals surface area contributed by atoms with Crippen molar-refractivity contribution in [2.24, 2.45) is 0 Å². The third-order valence-electron chi connectivity index (χ3n) is 3.59. The van der Waals surface area contributed by atoms with E-state index in [2.05, 4.69) is 22.2 Å². The topological polar surface area (TPSA) is 58.1 Å². The van der Waals surface area contributed by atoms with E-state index in [1.807, 2.05) is 28.5 Å². The molecule has 5 nitrogen and oxygen atoms in total. The Labute approximate surface area is 152 Å². The minimum absolute atomic E-state index is 0. The average molecular weight is 375 g/mol. The number of carbonyl (C=O) groups excluding carboxylic acids is 1. The Kier molecular flexibility index (Phi) is 7.91. The molecular weight excluding hydrogens is 355 g/mol. The van der Waals surface area contributed by atoms with Crippen LogP contribution in [0.3, 0.4) is 0 Å². The first-order valence-corrected chi connectivity index (χ1v) is 7.98. The Hall–Kier alpha value is -1.21. The molecule has 1 aliphatic heterocycles. The van der Waals surface area contributed by atoms with Crippen molar-refractivity contribution in [1.82, 2.24) is 20.2 Å². The normalized spacial score (nSPS) is 17.1. The van der Waals surface area contributed by atoms with Gasteiger partial charge in [-0.2, -0.15) is 0 Å². The average Bonchev–Trinajstić information content (AvgIpc) is 2.97. The van der Waals surface area contributed by atoms with E-state index in [1.54, 1.807) is 6.20 Å². The zero-order chi connectivity index (χ0) is 14.7. The van der Waals surface area contributed by atoms with Crippen LogP contribution in [0.25, 0.3) is 10.7 Å². The molecule has 1 N–H and O–H groups in total. The quantitative estimate of drug-likeness (QED) is 0.895. The molecule has 0 unspecified atom stereocenters. The number of amides is 1. The summed E-state index contributed by atoms with van der Waals surface area (Å²) in [4.78, 5) is 23.1. The highest BCUT2D eigenvalue weighted by molar-refractivity contribution is 7.13. The highest BCUT2D eigenvalue weighted by Crippen LogP contribution is 2.22. The molecular formula is C15H20Cl2N4OS. The number of thiazole rings is 1.